The summed E-state index contributed by atoms with van der Waals surface area (Å²) < 4.78 is 83.1. The number of benzene rings is 1. The molecule has 0 heterocycles. The molecule has 0 aliphatic heterocycles. The second-order valence-corrected chi connectivity index (χ2v) is 8.38. The summed E-state index contributed by atoms with van der Waals surface area (Å²) >= 11 is 0. The van der Waals surface area contributed by atoms with E-state index in [4.69, 9.17) is 4.74 Å². The van der Waals surface area contributed by atoms with E-state index in [1.165, 1.54) is 12.1 Å². The number of alkyl halides is 6. The van der Waals surface area contributed by atoms with Crippen LogP contribution in [-0.4, -0.2) is 31.0 Å². The predicted octanol–water partition coefficient (Wildman–Crippen LogP) is 6.67. The van der Waals surface area contributed by atoms with Gasteiger partial charge in [-0.25, -0.2) is 4.79 Å². The first-order valence-electron chi connectivity index (χ1n) is 9.62. The third kappa shape index (κ3) is 8.07. The lowest BCUT2D eigenvalue weighted by atomic mass is 9.74. The van der Waals surface area contributed by atoms with Gasteiger partial charge in [0.1, 0.15) is 5.75 Å². The van der Waals surface area contributed by atoms with Crippen molar-refractivity contribution in [3.63, 3.8) is 0 Å². The van der Waals surface area contributed by atoms with E-state index >= 15 is 0 Å². The summed E-state index contributed by atoms with van der Waals surface area (Å²) in [6, 6.07) is 6.63. The van der Waals surface area contributed by atoms with Crippen molar-refractivity contribution < 1.29 is 40.6 Å². The van der Waals surface area contributed by atoms with Crippen molar-refractivity contribution in [3.8, 4) is 5.75 Å². The Balaban J connectivity index is 2.77. The van der Waals surface area contributed by atoms with Crippen molar-refractivity contribution in [1.82, 2.24) is 0 Å². The Hall–Kier alpha value is -1.93. The number of ether oxygens (including phenoxy) is 2. The standard InChI is InChI=1S/C21H28F6O3/c1-6-19(4,5)11-16(13(2)3)14-7-9-15(10-8-14)29-12-17(28)30-18(20(22,23)24)21(25,26)27/h7-10,13,16,18H,6,11-12H2,1-5H3. The van der Waals surface area contributed by atoms with Crippen molar-refractivity contribution >= 4 is 5.97 Å². The minimum Gasteiger partial charge on any atom is -0.482 e. The molecule has 0 amide bonds. The molecule has 0 bridgehead atoms. The highest BCUT2D eigenvalue weighted by Gasteiger charge is 2.59. The van der Waals surface area contributed by atoms with Crippen molar-refractivity contribution in [3.05, 3.63) is 29.8 Å². The summed E-state index contributed by atoms with van der Waals surface area (Å²) in [6.45, 7) is 9.62. The third-order valence-electron chi connectivity index (χ3n) is 5.04. The monoisotopic (exact) mass is 442 g/mol. The zero-order chi connectivity index (χ0) is 23.3. The summed E-state index contributed by atoms with van der Waals surface area (Å²) in [7, 11) is 0. The van der Waals surface area contributed by atoms with E-state index in [0.29, 0.717) is 5.92 Å². The van der Waals surface area contributed by atoms with E-state index in [-0.39, 0.29) is 17.1 Å². The number of carbonyl (C=O) groups excluding carboxylic acids is 1. The first-order valence-corrected chi connectivity index (χ1v) is 9.62. The van der Waals surface area contributed by atoms with Crippen molar-refractivity contribution in [2.75, 3.05) is 6.61 Å². The lowest BCUT2D eigenvalue weighted by Gasteiger charge is -2.31. The van der Waals surface area contributed by atoms with Crippen LogP contribution in [0.4, 0.5) is 26.3 Å². The molecule has 0 saturated carbocycles. The Kier molecular flexibility index (Phi) is 8.63. The number of carbonyl (C=O) groups is 1. The molecule has 1 atom stereocenters. The van der Waals surface area contributed by atoms with E-state index in [2.05, 4.69) is 39.4 Å². The molecule has 0 spiro atoms. The van der Waals surface area contributed by atoms with Gasteiger partial charge in [-0.2, -0.15) is 26.3 Å². The highest BCUT2D eigenvalue weighted by molar-refractivity contribution is 5.71. The zero-order valence-corrected chi connectivity index (χ0v) is 17.7. The number of halogens is 6. The van der Waals surface area contributed by atoms with Crippen LogP contribution in [0, 0.1) is 11.3 Å². The van der Waals surface area contributed by atoms with Gasteiger partial charge in [0, 0.05) is 0 Å². The summed E-state index contributed by atoms with van der Waals surface area (Å²) in [5, 5.41) is 0. The smallest absolute Gasteiger partial charge is 0.434 e. The molecule has 30 heavy (non-hydrogen) atoms. The molecule has 0 radical (unpaired) electrons. The molecular weight excluding hydrogens is 414 g/mol. The minimum absolute atomic E-state index is 0.140. The van der Waals surface area contributed by atoms with Crippen molar-refractivity contribution in [2.45, 2.75) is 71.8 Å². The quantitative estimate of drug-likeness (QED) is 0.317. The van der Waals surface area contributed by atoms with E-state index in [1.54, 1.807) is 12.1 Å². The molecule has 0 aromatic heterocycles. The SMILES string of the molecule is CCC(C)(C)CC(c1ccc(OCC(=O)OC(C(F)(F)F)C(F)(F)F)cc1)C(C)C. The van der Waals surface area contributed by atoms with Gasteiger partial charge in [0.05, 0.1) is 0 Å². The molecule has 172 valence electrons. The molecule has 1 aromatic carbocycles. The van der Waals surface area contributed by atoms with E-state index in [0.717, 1.165) is 18.4 Å². The average Bonchev–Trinajstić information content (AvgIpc) is 2.61. The van der Waals surface area contributed by atoms with Crippen LogP contribution in [0.1, 0.15) is 58.9 Å². The van der Waals surface area contributed by atoms with Gasteiger partial charge in [-0.3, -0.25) is 0 Å². The predicted molar refractivity (Wildman–Crippen MR) is 100 cm³/mol. The fraction of sp³-hybridized carbons (Fsp3) is 0.667. The van der Waals surface area contributed by atoms with Crippen LogP contribution >= 0.6 is 0 Å². The lowest BCUT2D eigenvalue weighted by Crippen LogP contribution is -2.46. The van der Waals surface area contributed by atoms with Crippen LogP contribution in [0.2, 0.25) is 0 Å². The molecule has 1 rings (SSSR count). The van der Waals surface area contributed by atoms with Gasteiger partial charge in [0.25, 0.3) is 6.10 Å². The van der Waals surface area contributed by atoms with Crippen LogP contribution in [0.15, 0.2) is 24.3 Å². The van der Waals surface area contributed by atoms with Crippen molar-refractivity contribution in [1.29, 1.82) is 0 Å². The lowest BCUT2D eigenvalue weighted by molar-refractivity contribution is -0.313. The van der Waals surface area contributed by atoms with Crippen LogP contribution in [0.25, 0.3) is 0 Å². The molecule has 0 aliphatic rings. The molecule has 3 nitrogen and oxygen atoms in total. The molecule has 0 N–H and O–H groups in total. The van der Waals surface area contributed by atoms with Crippen LogP contribution < -0.4 is 4.74 Å². The van der Waals surface area contributed by atoms with Gasteiger partial charge >= 0.3 is 18.3 Å². The van der Waals surface area contributed by atoms with Crippen LogP contribution in [-0.2, 0) is 9.53 Å². The highest BCUT2D eigenvalue weighted by Crippen LogP contribution is 2.39. The number of esters is 1. The molecule has 0 saturated heterocycles. The molecule has 9 heteroatoms. The minimum atomic E-state index is -5.76. The molecule has 0 aliphatic carbocycles. The second-order valence-electron chi connectivity index (χ2n) is 8.38. The maximum Gasteiger partial charge on any atom is 0.434 e. The largest absolute Gasteiger partial charge is 0.482 e. The first kappa shape index (κ1) is 26.1. The molecular formula is C21H28F6O3. The Morgan fingerprint density at radius 3 is 1.87 bits per heavy atom. The van der Waals surface area contributed by atoms with E-state index in [9.17, 15) is 31.1 Å². The molecule has 1 unspecified atom stereocenters. The Morgan fingerprint density at radius 1 is 0.967 bits per heavy atom. The third-order valence-corrected chi connectivity index (χ3v) is 5.04. The Bertz CT molecular complexity index is 663. The highest BCUT2D eigenvalue weighted by atomic mass is 19.4. The maximum absolute atomic E-state index is 12.4. The fourth-order valence-corrected chi connectivity index (χ4v) is 2.92. The Labute approximate surface area is 172 Å². The zero-order valence-electron chi connectivity index (χ0n) is 17.7. The number of hydrogen-bond donors (Lipinski definition) is 0. The Morgan fingerprint density at radius 2 is 1.47 bits per heavy atom. The van der Waals surface area contributed by atoms with Crippen LogP contribution in [0.5, 0.6) is 5.75 Å². The topological polar surface area (TPSA) is 35.5 Å². The summed E-state index contributed by atoms with van der Waals surface area (Å²) in [6.07, 6.45) is -13.7. The van der Waals surface area contributed by atoms with E-state index < -0.39 is 31.0 Å². The van der Waals surface area contributed by atoms with Gasteiger partial charge in [-0.05, 0) is 41.4 Å². The first-order chi connectivity index (χ1) is 13.6. The molecule has 0 fully saturated rings. The second kappa shape index (κ2) is 9.92. The van der Waals surface area contributed by atoms with Gasteiger partial charge < -0.3 is 9.47 Å². The van der Waals surface area contributed by atoms with Gasteiger partial charge in [-0.1, -0.05) is 53.2 Å². The van der Waals surface area contributed by atoms with E-state index in [1.807, 2.05) is 0 Å². The maximum atomic E-state index is 12.4. The van der Waals surface area contributed by atoms with Gasteiger partial charge in [0.2, 0.25) is 0 Å². The average molecular weight is 442 g/mol. The fourth-order valence-electron chi connectivity index (χ4n) is 2.92. The summed E-state index contributed by atoms with van der Waals surface area (Å²) in [5.41, 5.74) is 1.18. The van der Waals surface area contributed by atoms with Gasteiger partial charge in [0.15, 0.2) is 6.61 Å². The summed E-state index contributed by atoms with van der Waals surface area (Å²) in [5.74, 6) is -0.996. The summed E-state index contributed by atoms with van der Waals surface area (Å²) in [4.78, 5) is 11.4. The number of rotatable bonds is 9. The van der Waals surface area contributed by atoms with Gasteiger partial charge in [-0.15, -0.1) is 0 Å². The molecule has 1 aromatic rings. The van der Waals surface area contributed by atoms with Crippen molar-refractivity contribution in [2.24, 2.45) is 11.3 Å². The normalized spacial score (nSPS) is 14.2. The van der Waals surface area contributed by atoms with Crippen LogP contribution in [0.3, 0.4) is 0 Å². The number of hydrogen-bond acceptors (Lipinski definition) is 3.